The highest BCUT2D eigenvalue weighted by atomic mass is 79.9. The third-order valence-corrected chi connectivity index (χ3v) is 2.52. The predicted octanol–water partition coefficient (Wildman–Crippen LogP) is 2.41. The van der Waals surface area contributed by atoms with Gasteiger partial charge in [0.2, 0.25) is 0 Å². The van der Waals surface area contributed by atoms with Crippen molar-refractivity contribution in [1.29, 1.82) is 5.26 Å². The van der Waals surface area contributed by atoms with E-state index < -0.39 is 4.92 Å². The maximum Gasteiger partial charge on any atom is 0.289 e. The van der Waals surface area contributed by atoms with Crippen LogP contribution < -0.4 is 0 Å². The fraction of sp³-hybridized carbons (Fsp3) is 0. The molecule has 0 saturated heterocycles. The van der Waals surface area contributed by atoms with E-state index in [1.54, 1.807) is 24.5 Å². The molecule has 1 heterocycles. The van der Waals surface area contributed by atoms with Crippen molar-refractivity contribution >= 4 is 21.6 Å². The molecular weight excluding hydrogens is 288 g/mol. The third-order valence-electron chi connectivity index (χ3n) is 2.11. The van der Waals surface area contributed by atoms with E-state index >= 15 is 0 Å². The first-order chi connectivity index (χ1) is 8.11. The van der Waals surface area contributed by atoms with E-state index in [9.17, 15) is 10.1 Å². The molecule has 0 amide bonds. The van der Waals surface area contributed by atoms with E-state index in [0.717, 1.165) is 4.47 Å². The fourth-order valence-corrected chi connectivity index (χ4v) is 1.64. The second kappa shape index (κ2) is 4.35. The molecule has 0 bridgehead atoms. The average molecular weight is 293 g/mol. The zero-order valence-electron chi connectivity index (χ0n) is 8.37. The Kier molecular flexibility index (Phi) is 2.89. The molecule has 0 aliphatic carbocycles. The van der Waals surface area contributed by atoms with E-state index in [1.807, 2.05) is 0 Å². The quantitative estimate of drug-likeness (QED) is 0.628. The first-order valence-corrected chi connectivity index (χ1v) is 5.30. The lowest BCUT2D eigenvalue weighted by Gasteiger charge is -2.01. The molecule has 0 spiro atoms. The summed E-state index contributed by atoms with van der Waals surface area (Å²) < 4.78 is 2.25. The highest BCUT2D eigenvalue weighted by molar-refractivity contribution is 9.10. The molecule has 0 aliphatic rings. The van der Waals surface area contributed by atoms with Crippen LogP contribution in [-0.4, -0.2) is 14.7 Å². The average Bonchev–Trinajstić information content (AvgIpc) is 2.75. The van der Waals surface area contributed by atoms with Crippen LogP contribution in [0.1, 0.15) is 5.56 Å². The molecule has 0 N–H and O–H groups in total. The van der Waals surface area contributed by atoms with Crippen LogP contribution in [0.15, 0.2) is 35.1 Å². The van der Waals surface area contributed by atoms with Gasteiger partial charge >= 0.3 is 0 Å². The summed E-state index contributed by atoms with van der Waals surface area (Å²) in [6.07, 6.45) is 3.25. The summed E-state index contributed by atoms with van der Waals surface area (Å²) in [7, 11) is 0. The van der Waals surface area contributed by atoms with Crippen LogP contribution in [0.4, 0.5) is 5.69 Å². The number of hydrogen-bond donors (Lipinski definition) is 0. The Bertz CT molecular complexity index is 629. The van der Waals surface area contributed by atoms with Gasteiger partial charge in [0.25, 0.3) is 5.69 Å². The summed E-state index contributed by atoms with van der Waals surface area (Å²) in [6, 6.07) is 6.11. The minimum absolute atomic E-state index is 0.0324. The highest BCUT2D eigenvalue weighted by Gasteiger charge is 2.15. The molecule has 84 valence electrons. The number of aromatic nitrogens is 2. The van der Waals surface area contributed by atoms with Gasteiger partial charge < -0.3 is 0 Å². The number of benzene rings is 1. The van der Waals surface area contributed by atoms with Crippen molar-refractivity contribution in [2.75, 3.05) is 0 Å². The summed E-state index contributed by atoms with van der Waals surface area (Å²) in [5.41, 5.74) is 0.336. The molecule has 2 rings (SSSR count). The molecule has 1 aromatic carbocycles. The molecule has 2 aromatic rings. The molecule has 17 heavy (non-hydrogen) atoms. The number of nitro groups is 1. The minimum Gasteiger partial charge on any atom is -0.258 e. The largest absolute Gasteiger partial charge is 0.289 e. The van der Waals surface area contributed by atoms with Gasteiger partial charge in [-0.15, -0.1) is 0 Å². The second-order valence-corrected chi connectivity index (χ2v) is 4.09. The fourth-order valence-electron chi connectivity index (χ4n) is 1.35. The van der Waals surface area contributed by atoms with Gasteiger partial charge in [-0.1, -0.05) is 0 Å². The second-order valence-electron chi connectivity index (χ2n) is 3.17. The van der Waals surface area contributed by atoms with Crippen molar-refractivity contribution in [3.63, 3.8) is 0 Å². The molecule has 7 heteroatoms. The van der Waals surface area contributed by atoms with Gasteiger partial charge in [0, 0.05) is 12.3 Å². The molecule has 0 radical (unpaired) electrons. The molecule has 0 saturated carbocycles. The van der Waals surface area contributed by atoms with Crippen molar-refractivity contribution < 1.29 is 4.92 Å². The Morgan fingerprint density at radius 2 is 2.29 bits per heavy atom. The smallest absolute Gasteiger partial charge is 0.258 e. The number of nitro benzene ring substituents is 1. The summed E-state index contributed by atoms with van der Waals surface area (Å²) in [4.78, 5) is 10.2. The van der Waals surface area contributed by atoms with Gasteiger partial charge in [-0.2, -0.15) is 10.4 Å². The molecule has 0 unspecified atom stereocenters. The summed E-state index contributed by atoms with van der Waals surface area (Å²) >= 11 is 3.24. The first kappa shape index (κ1) is 11.3. The van der Waals surface area contributed by atoms with Crippen LogP contribution in [0.5, 0.6) is 0 Å². The maximum atomic E-state index is 10.8. The van der Waals surface area contributed by atoms with Crippen LogP contribution in [-0.2, 0) is 0 Å². The molecule has 0 fully saturated rings. The Morgan fingerprint density at radius 3 is 2.82 bits per heavy atom. The Balaban J connectivity index is 2.55. The molecule has 0 aliphatic heterocycles. The lowest BCUT2D eigenvalue weighted by Crippen LogP contribution is -1.98. The molecule has 6 nitrogen and oxygen atoms in total. The van der Waals surface area contributed by atoms with Crippen LogP contribution in [0, 0.1) is 21.4 Å². The van der Waals surface area contributed by atoms with Crippen LogP contribution >= 0.6 is 15.9 Å². The van der Waals surface area contributed by atoms with E-state index in [2.05, 4.69) is 21.0 Å². The Hall–Kier alpha value is -2.20. The van der Waals surface area contributed by atoms with Crippen LogP contribution in [0.3, 0.4) is 0 Å². The lowest BCUT2D eigenvalue weighted by molar-refractivity contribution is -0.385. The minimum atomic E-state index is -0.583. The zero-order valence-corrected chi connectivity index (χ0v) is 9.96. The van der Waals surface area contributed by atoms with Gasteiger partial charge in [-0.25, -0.2) is 4.68 Å². The van der Waals surface area contributed by atoms with Crippen molar-refractivity contribution in [2.24, 2.45) is 0 Å². The van der Waals surface area contributed by atoms with Crippen LogP contribution in [0.2, 0.25) is 0 Å². The summed E-state index contributed by atoms with van der Waals surface area (Å²) in [5, 5.41) is 23.5. The molecule has 0 atom stereocenters. The highest BCUT2D eigenvalue weighted by Crippen LogP contribution is 2.22. The molecular formula is C10H5BrN4O2. The van der Waals surface area contributed by atoms with E-state index in [4.69, 9.17) is 5.26 Å². The first-order valence-electron chi connectivity index (χ1n) is 4.51. The van der Waals surface area contributed by atoms with E-state index in [0.29, 0.717) is 5.69 Å². The predicted molar refractivity (Wildman–Crippen MR) is 62.6 cm³/mol. The van der Waals surface area contributed by atoms with Crippen molar-refractivity contribution in [2.45, 2.75) is 0 Å². The summed E-state index contributed by atoms with van der Waals surface area (Å²) in [6.45, 7) is 0. The standard InChI is InChI=1S/C10H5BrN4O2/c11-8-5-13-14(6-8)9-2-1-7(4-12)10(3-9)15(16)17/h1-3,5-6H. The normalized spacial score (nSPS) is 9.88. The molecule has 1 aromatic heterocycles. The van der Waals surface area contributed by atoms with Gasteiger partial charge in [-0.3, -0.25) is 10.1 Å². The van der Waals surface area contributed by atoms with Crippen molar-refractivity contribution in [3.8, 4) is 11.8 Å². The Labute approximate surface area is 104 Å². The van der Waals surface area contributed by atoms with Gasteiger partial charge in [0.15, 0.2) is 0 Å². The number of halogens is 1. The number of nitrogens with zero attached hydrogens (tertiary/aromatic N) is 4. The number of hydrogen-bond acceptors (Lipinski definition) is 4. The Morgan fingerprint density at radius 1 is 1.53 bits per heavy atom. The van der Waals surface area contributed by atoms with E-state index in [-0.39, 0.29) is 11.3 Å². The zero-order chi connectivity index (χ0) is 12.4. The van der Waals surface area contributed by atoms with Gasteiger partial charge in [0.1, 0.15) is 11.6 Å². The topological polar surface area (TPSA) is 84.8 Å². The number of nitriles is 1. The monoisotopic (exact) mass is 292 g/mol. The lowest BCUT2D eigenvalue weighted by atomic mass is 10.2. The van der Waals surface area contributed by atoms with E-state index in [1.165, 1.54) is 16.8 Å². The SMILES string of the molecule is N#Cc1ccc(-n2cc(Br)cn2)cc1[N+](=O)[O-]. The van der Waals surface area contributed by atoms with Crippen molar-refractivity contribution in [1.82, 2.24) is 9.78 Å². The number of rotatable bonds is 2. The van der Waals surface area contributed by atoms with Gasteiger partial charge in [0.05, 0.1) is 21.3 Å². The third kappa shape index (κ3) is 2.16. The van der Waals surface area contributed by atoms with Gasteiger partial charge in [-0.05, 0) is 28.1 Å². The summed E-state index contributed by atoms with van der Waals surface area (Å²) in [5.74, 6) is 0. The van der Waals surface area contributed by atoms with Crippen molar-refractivity contribution in [3.05, 3.63) is 50.7 Å². The van der Waals surface area contributed by atoms with Crippen LogP contribution in [0.25, 0.3) is 5.69 Å². The maximum absolute atomic E-state index is 10.8.